The van der Waals surface area contributed by atoms with Crippen LogP contribution in [0.3, 0.4) is 0 Å². The van der Waals surface area contributed by atoms with Gasteiger partial charge in [-0.05, 0) is 36.8 Å². The zero-order valence-electron chi connectivity index (χ0n) is 17.9. The summed E-state index contributed by atoms with van der Waals surface area (Å²) >= 11 is 0. The van der Waals surface area contributed by atoms with E-state index in [1.165, 1.54) is 6.20 Å². The van der Waals surface area contributed by atoms with Crippen molar-refractivity contribution in [2.75, 3.05) is 10.6 Å². The molecule has 3 N–H and O–H groups in total. The van der Waals surface area contributed by atoms with E-state index >= 15 is 0 Å². The lowest BCUT2D eigenvalue weighted by atomic mass is 9.95. The van der Waals surface area contributed by atoms with Crippen LogP contribution in [0.15, 0.2) is 59.5 Å². The molecule has 1 amide bonds. The van der Waals surface area contributed by atoms with Crippen molar-refractivity contribution < 1.29 is 4.79 Å². The van der Waals surface area contributed by atoms with E-state index in [1.54, 1.807) is 4.68 Å². The molecule has 158 valence electrons. The molecule has 0 unspecified atom stereocenters. The van der Waals surface area contributed by atoms with Crippen LogP contribution in [0.2, 0.25) is 0 Å². The second-order valence-corrected chi connectivity index (χ2v) is 8.40. The number of para-hydroxylation sites is 1. The Balaban J connectivity index is 1.68. The van der Waals surface area contributed by atoms with Gasteiger partial charge in [-0.1, -0.05) is 45.0 Å². The maximum absolute atomic E-state index is 12.6. The Morgan fingerprint density at radius 1 is 1.10 bits per heavy atom. The minimum atomic E-state index is -0.510. The number of aromatic amines is 1. The van der Waals surface area contributed by atoms with Crippen LogP contribution in [0, 0.1) is 12.3 Å². The van der Waals surface area contributed by atoms with Crippen molar-refractivity contribution >= 4 is 34.3 Å². The minimum Gasteiger partial charge on any atom is -0.326 e. The van der Waals surface area contributed by atoms with Gasteiger partial charge < -0.3 is 10.6 Å². The zero-order chi connectivity index (χ0) is 22.2. The molecule has 4 rings (SSSR count). The number of carbonyl (C=O) groups excluding carboxylic acids is 1. The Kier molecular flexibility index (Phi) is 5.06. The summed E-state index contributed by atoms with van der Waals surface area (Å²) in [5, 5.41) is 10.8. The van der Waals surface area contributed by atoms with Crippen LogP contribution >= 0.6 is 0 Å². The van der Waals surface area contributed by atoms with Crippen LogP contribution in [0.25, 0.3) is 16.7 Å². The Labute approximate surface area is 179 Å². The number of anilines is 3. The second kappa shape index (κ2) is 7.71. The second-order valence-electron chi connectivity index (χ2n) is 8.40. The molecular formula is C23H24N6O2. The number of benzene rings is 2. The van der Waals surface area contributed by atoms with E-state index < -0.39 is 5.41 Å². The number of H-pyrrole nitrogens is 1. The Bertz CT molecular complexity index is 1320. The highest BCUT2D eigenvalue weighted by Crippen LogP contribution is 2.25. The topological polar surface area (TPSA) is 105 Å². The first-order valence-corrected chi connectivity index (χ1v) is 9.95. The summed E-state index contributed by atoms with van der Waals surface area (Å²) in [6.45, 7) is 7.51. The molecule has 2 aromatic heterocycles. The van der Waals surface area contributed by atoms with Crippen molar-refractivity contribution in [3.8, 4) is 5.69 Å². The van der Waals surface area contributed by atoms with Gasteiger partial charge in [-0.2, -0.15) is 10.1 Å². The number of rotatable bonds is 4. The van der Waals surface area contributed by atoms with Crippen molar-refractivity contribution in [1.82, 2.24) is 19.7 Å². The average molecular weight is 416 g/mol. The summed E-state index contributed by atoms with van der Waals surface area (Å²) in [6, 6.07) is 15.1. The molecule has 8 heteroatoms. The fraction of sp³-hybridized carbons (Fsp3) is 0.217. The first-order chi connectivity index (χ1) is 14.7. The summed E-state index contributed by atoms with van der Waals surface area (Å²) in [5.41, 5.74) is 2.77. The van der Waals surface area contributed by atoms with Crippen LogP contribution < -0.4 is 16.2 Å². The van der Waals surface area contributed by atoms with E-state index in [0.717, 1.165) is 11.3 Å². The fourth-order valence-corrected chi connectivity index (χ4v) is 3.02. The lowest BCUT2D eigenvalue weighted by Crippen LogP contribution is -2.27. The van der Waals surface area contributed by atoms with Gasteiger partial charge in [0.1, 0.15) is 5.39 Å². The molecule has 0 fully saturated rings. The molecule has 0 spiro atoms. The molecule has 2 aromatic carbocycles. The van der Waals surface area contributed by atoms with Gasteiger partial charge in [-0.3, -0.25) is 14.6 Å². The van der Waals surface area contributed by atoms with E-state index in [1.807, 2.05) is 76.2 Å². The maximum atomic E-state index is 12.6. The smallest absolute Gasteiger partial charge is 0.263 e. The maximum Gasteiger partial charge on any atom is 0.263 e. The van der Waals surface area contributed by atoms with Crippen molar-refractivity contribution in [3.05, 3.63) is 70.6 Å². The number of aromatic nitrogens is 4. The van der Waals surface area contributed by atoms with Crippen LogP contribution in [-0.2, 0) is 4.79 Å². The van der Waals surface area contributed by atoms with Crippen molar-refractivity contribution in [2.24, 2.45) is 5.41 Å². The number of aryl methyl sites for hydroxylation is 1. The first-order valence-electron chi connectivity index (χ1n) is 9.95. The summed E-state index contributed by atoms with van der Waals surface area (Å²) in [4.78, 5) is 32.3. The van der Waals surface area contributed by atoms with E-state index in [0.29, 0.717) is 22.4 Å². The van der Waals surface area contributed by atoms with Gasteiger partial charge in [0.05, 0.1) is 11.9 Å². The van der Waals surface area contributed by atoms with Crippen molar-refractivity contribution in [1.29, 1.82) is 0 Å². The van der Waals surface area contributed by atoms with Crippen molar-refractivity contribution in [3.63, 3.8) is 0 Å². The molecular weight excluding hydrogens is 392 g/mol. The molecule has 0 radical (unpaired) electrons. The number of carbonyl (C=O) groups is 1. The van der Waals surface area contributed by atoms with Gasteiger partial charge in [0.15, 0.2) is 5.65 Å². The van der Waals surface area contributed by atoms with Gasteiger partial charge in [0, 0.05) is 16.8 Å². The quantitative estimate of drug-likeness (QED) is 0.464. The number of hydrogen-bond acceptors (Lipinski definition) is 5. The third kappa shape index (κ3) is 4.18. The zero-order valence-corrected chi connectivity index (χ0v) is 17.9. The van der Waals surface area contributed by atoms with Gasteiger partial charge in [0.2, 0.25) is 11.9 Å². The fourth-order valence-electron chi connectivity index (χ4n) is 3.02. The number of nitrogens with zero attached hydrogens (tertiary/aromatic N) is 3. The lowest BCUT2D eigenvalue weighted by molar-refractivity contribution is -0.123. The van der Waals surface area contributed by atoms with Crippen LogP contribution in [-0.4, -0.2) is 25.7 Å². The molecule has 0 aliphatic rings. The highest BCUT2D eigenvalue weighted by atomic mass is 16.2. The van der Waals surface area contributed by atoms with Gasteiger partial charge in [0.25, 0.3) is 5.56 Å². The van der Waals surface area contributed by atoms with E-state index in [2.05, 4.69) is 25.7 Å². The number of hydrogen-bond donors (Lipinski definition) is 3. The van der Waals surface area contributed by atoms with Gasteiger partial charge >= 0.3 is 0 Å². The number of fused-ring (bicyclic) bond motifs is 1. The van der Waals surface area contributed by atoms with E-state index in [-0.39, 0.29) is 17.4 Å². The van der Waals surface area contributed by atoms with Gasteiger partial charge in [-0.15, -0.1) is 0 Å². The minimum absolute atomic E-state index is 0.0764. The summed E-state index contributed by atoms with van der Waals surface area (Å²) in [6.07, 6.45) is 1.50. The third-order valence-corrected chi connectivity index (χ3v) is 4.87. The van der Waals surface area contributed by atoms with Crippen LogP contribution in [0.5, 0.6) is 0 Å². The van der Waals surface area contributed by atoms with E-state index in [9.17, 15) is 9.59 Å². The molecule has 0 bridgehead atoms. The molecule has 8 nitrogen and oxygen atoms in total. The highest BCUT2D eigenvalue weighted by molar-refractivity contribution is 5.95. The Hall–Kier alpha value is -3.94. The Morgan fingerprint density at radius 3 is 2.55 bits per heavy atom. The molecule has 0 aliphatic heterocycles. The monoisotopic (exact) mass is 416 g/mol. The largest absolute Gasteiger partial charge is 0.326 e. The first kappa shape index (κ1) is 20.3. The van der Waals surface area contributed by atoms with Crippen LogP contribution in [0.4, 0.5) is 17.3 Å². The van der Waals surface area contributed by atoms with Gasteiger partial charge in [-0.25, -0.2) is 4.68 Å². The number of amides is 1. The predicted octanol–water partition coefficient (Wildman–Crippen LogP) is 4.15. The molecule has 2 heterocycles. The third-order valence-electron chi connectivity index (χ3n) is 4.87. The molecule has 0 saturated carbocycles. The summed E-state index contributed by atoms with van der Waals surface area (Å²) in [5.74, 6) is 0.208. The standard InChI is InChI=1S/C23H24N6O2/c1-14-10-11-15(12-18(14)26-21(31)23(2,3)4)25-22-27-19-17(20(30)28-22)13-24-29(19)16-8-6-5-7-9-16/h5-13H,1-4H3,(H,26,31)(H2,25,27,28,30). The normalized spacial score (nSPS) is 11.5. The predicted molar refractivity (Wildman–Crippen MR) is 122 cm³/mol. The molecule has 0 atom stereocenters. The Morgan fingerprint density at radius 2 is 1.84 bits per heavy atom. The average Bonchev–Trinajstić information content (AvgIpc) is 3.15. The summed E-state index contributed by atoms with van der Waals surface area (Å²) in [7, 11) is 0. The molecule has 31 heavy (non-hydrogen) atoms. The molecule has 4 aromatic rings. The van der Waals surface area contributed by atoms with Crippen LogP contribution in [0.1, 0.15) is 26.3 Å². The molecule has 0 aliphatic carbocycles. The highest BCUT2D eigenvalue weighted by Gasteiger charge is 2.22. The van der Waals surface area contributed by atoms with Crippen molar-refractivity contribution in [2.45, 2.75) is 27.7 Å². The lowest BCUT2D eigenvalue weighted by Gasteiger charge is -2.19. The van der Waals surface area contributed by atoms with E-state index in [4.69, 9.17) is 0 Å². The molecule has 0 saturated heterocycles. The SMILES string of the molecule is Cc1ccc(Nc2nc3c(cnn3-c3ccccc3)c(=O)[nH]2)cc1NC(=O)C(C)(C)C. The summed E-state index contributed by atoms with van der Waals surface area (Å²) < 4.78 is 1.62. The number of nitrogens with one attached hydrogen (secondary N) is 3.